The number of carbonyl (C=O) groups is 1. The van der Waals surface area contributed by atoms with Crippen LogP contribution in [0.4, 0.5) is 5.69 Å². The summed E-state index contributed by atoms with van der Waals surface area (Å²) < 4.78 is 0. The number of anilines is 1. The summed E-state index contributed by atoms with van der Waals surface area (Å²) >= 11 is 1.26. The van der Waals surface area contributed by atoms with Crippen LogP contribution in [0.3, 0.4) is 0 Å². The first-order valence-corrected chi connectivity index (χ1v) is 6.53. The Morgan fingerprint density at radius 1 is 1.39 bits per heavy atom. The van der Waals surface area contributed by atoms with Gasteiger partial charge in [-0.25, -0.2) is 4.79 Å². The number of aromatic carboxylic acids is 1. The van der Waals surface area contributed by atoms with Gasteiger partial charge in [-0.15, -0.1) is 11.3 Å². The molecule has 2 aromatic rings. The molecule has 94 valence electrons. The highest BCUT2D eigenvalue weighted by atomic mass is 32.1. The predicted molar refractivity (Wildman–Crippen MR) is 74.6 cm³/mol. The number of nitrogens with zero attached hydrogens (tertiary/aromatic N) is 1. The lowest BCUT2D eigenvalue weighted by Crippen LogP contribution is -2.15. The van der Waals surface area contributed by atoms with Crippen LogP contribution in [0.25, 0.3) is 0 Å². The number of carboxylic acids is 1. The second-order valence-electron chi connectivity index (χ2n) is 4.32. The van der Waals surface area contributed by atoms with Crippen LogP contribution in [0.15, 0.2) is 35.7 Å². The van der Waals surface area contributed by atoms with Gasteiger partial charge < -0.3 is 10.0 Å². The van der Waals surface area contributed by atoms with E-state index in [-0.39, 0.29) is 0 Å². The van der Waals surface area contributed by atoms with Gasteiger partial charge in [-0.2, -0.15) is 0 Å². The summed E-state index contributed by atoms with van der Waals surface area (Å²) in [7, 11) is 1.97. The zero-order valence-corrected chi connectivity index (χ0v) is 11.2. The Morgan fingerprint density at radius 3 is 2.78 bits per heavy atom. The minimum absolute atomic E-state index is 0.376. The van der Waals surface area contributed by atoms with Crippen molar-refractivity contribution in [1.82, 2.24) is 0 Å². The maximum atomic E-state index is 10.8. The number of benzene rings is 1. The van der Waals surface area contributed by atoms with Crippen molar-refractivity contribution in [3.05, 3.63) is 51.7 Å². The zero-order chi connectivity index (χ0) is 13.1. The molecule has 0 aliphatic carbocycles. The summed E-state index contributed by atoms with van der Waals surface area (Å²) in [5.41, 5.74) is 3.40. The van der Waals surface area contributed by atoms with Crippen LogP contribution < -0.4 is 4.90 Å². The molecular weight excluding hydrogens is 246 g/mol. The summed E-state index contributed by atoms with van der Waals surface area (Å²) in [4.78, 5) is 13.3. The Kier molecular flexibility index (Phi) is 3.67. The summed E-state index contributed by atoms with van der Waals surface area (Å²) in [6.07, 6.45) is 0. The average molecular weight is 261 g/mol. The van der Waals surface area contributed by atoms with Gasteiger partial charge in [-0.05, 0) is 18.6 Å². The van der Waals surface area contributed by atoms with Gasteiger partial charge in [0, 0.05) is 24.7 Å². The number of rotatable bonds is 4. The van der Waals surface area contributed by atoms with E-state index >= 15 is 0 Å². The third-order valence-electron chi connectivity index (χ3n) is 2.74. The smallest absolute Gasteiger partial charge is 0.345 e. The molecule has 0 unspecified atom stereocenters. The molecule has 0 bridgehead atoms. The second kappa shape index (κ2) is 5.23. The molecule has 0 aliphatic rings. The molecule has 3 nitrogen and oxygen atoms in total. The maximum absolute atomic E-state index is 10.8. The standard InChI is InChI=1S/C14H15NO2S/c1-10-4-3-5-11(6-10)8-15(2)12-7-13(14(16)17)18-9-12/h3-7,9H,8H2,1-2H3,(H,16,17). The van der Waals surface area contributed by atoms with Crippen LogP contribution in [0.2, 0.25) is 0 Å². The Bertz CT molecular complexity index is 562. The van der Waals surface area contributed by atoms with E-state index in [1.807, 2.05) is 18.5 Å². The largest absolute Gasteiger partial charge is 0.477 e. The van der Waals surface area contributed by atoms with Crippen LogP contribution in [0, 0.1) is 6.92 Å². The minimum atomic E-state index is -0.866. The van der Waals surface area contributed by atoms with E-state index in [1.54, 1.807) is 6.07 Å². The van der Waals surface area contributed by atoms with Crippen LogP contribution >= 0.6 is 11.3 Å². The molecule has 1 aromatic carbocycles. The monoisotopic (exact) mass is 261 g/mol. The van der Waals surface area contributed by atoms with Gasteiger partial charge in [-0.3, -0.25) is 0 Å². The predicted octanol–water partition coefficient (Wildman–Crippen LogP) is 3.39. The summed E-state index contributed by atoms with van der Waals surface area (Å²) in [6.45, 7) is 2.84. The minimum Gasteiger partial charge on any atom is -0.477 e. The molecule has 0 aliphatic heterocycles. The normalized spacial score (nSPS) is 10.3. The van der Waals surface area contributed by atoms with Crippen molar-refractivity contribution in [3.63, 3.8) is 0 Å². The van der Waals surface area contributed by atoms with E-state index < -0.39 is 5.97 Å². The topological polar surface area (TPSA) is 40.5 Å². The zero-order valence-electron chi connectivity index (χ0n) is 10.4. The highest BCUT2D eigenvalue weighted by Crippen LogP contribution is 2.23. The van der Waals surface area contributed by atoms with Crippen LogP contribution in [0.1, 0.15) is 20.8 Å². The number of carboxylic acid groups (broad SMARTS) is 1. The summed E-state index contributed by atoms with van der Waals surface area (Å²) in [5, 5.41) is 10.8. The number of aryl methyl sites for hydroxylation is 1. The molecule has 2 rings (SSSR count). The van der Waals surface area contributed by atoms with Gasteiger partial charge >= 0.3 is 5.97 Å². The molecule has 1 N–H and O–H groups in total. The third-order valence-corrected chi connectivity index (χ3v) is 3.65. The summed E-state index contributed by atoms with van der Waals surface area (Å²) in [5.74, 6) is -0.866. The quantitative estimate of drug-likeness (QED) is 0.917. The number of hydrogen-bond donors (Lipinski definition) is 1. The Balaban J connectivity index is 2.11. The van der Waals surface area contributed by atoms with Gasteiger partial charge in [0.15, 0.2) is 0 Å². The fraction of sp³-hybridized carbons (Fsp3) is 0.214. The van der Waals surface area contributed by atoms with Crippen molar-refractivity contribution in [2.45, 2.75) is 13.5 Å². The van der Waals surface area contributed by atoms with Gasteiger partial charge in [0.05, 0.1) is 0 Å². The van der Waals surface area contributed by atoms with E-state index in [1.165, 1.54) is 22.5 Å². The van der Waals surface area contributed by atoms with Gasteiger partial charge in [0.25, 0.3) is 0 Å². The maximum Gasteiger partial charge on any atom is 0.345 e. The molecule has 0 fully saturated rings. The molecule has 1 aromatic heterocycles. The van der Waals surface area contributed by atoms with E-state index in [4.69, 9.17) is 5.11 Å². The van der Waals surface area contributed by atoms with Gasteiger partial charge in [0.2, 0.25) is 0 Å². The fourth-order valence-corrected chi connectivity index (χ4v) is 2.60. The van der Waals surface area contributed by atoms with E-state index in [0.29, 0.717) is 4.88 Å². The van der Waals surface area contributed by atoms with Crippen LogP contribution in [-0.4, -0.2) is 18.1 Å². The molecule has 0 radical (unpaired) electrons. The first kappa shape index (κ1) is 12.6. The van der Waals surface area contributed by atoms with Crippen molar-refractivity contribution >= 4 is 23.0 Å². The molecule has 0 spiro atoms. The first-order valence-electron chi connectivity index (χ1n) is 5.65. The lowest BCUT2D eigenvalue weighted by atomic mass is 10.1. The lowest BCUT2D eigenvalue weighted by Gasteiger charge is -2.17. The first-order chi connectivity index (χ1) is 8.56. The van der Waals surface area contributed by atoms with Crippen molar-refractivity contribution < 1.29 is 9.90 Å². The number of thiophene rings is 1. The summed E-state index contributed by atoms with van der Waals surface area (Å²) in [6, 6.07) is 10.0. The lowest BCUT2D eigenvalue weighted by molar-refractivity contribution is 0.0702. The Labute approximate surface area is 110 Å². The molecule has 18 heavy (non-hydrogen) atoms. The molecule has 0 saturated heterocycles. The second-order valence-corrected chi connectivity index (χ2v) is 5.23. The SMILES string of the molecule is Cc1cccc(CN(C)c2csc(C(=O)O)c2)c1. The van der Waals surface area contributed by atoms with Crippen molar-refractivity contribution in [2.24, 2.45) is 0 Å². The van der Waals surface area contributed by atoms with Gasteiger partial charge in [-0.1, -0.05) is 29.8 Å². The van der Waals surface area contributed by atoms with E-state index in [0.717, 1.165) is 12.2 Å². The van der Waals surface area contributed by atoms with Crippen LogP contribution in [-0.2, 0) is 6.54 Å². The van der Waals surface area contributed by atoms with Crippen molar-refractivity contribution in [1.29, 1.82) is 0 Å². The molecule has 0 atom stereocenters. The highest BCUT2D eigenvalue weighted by molar-refractivity contribution is 7.12. The third kappa shape index (κ3) is 2.90. The molecule has 0 saturated carbocycles. The van der Waals surface area contributed by atoms with Gasteiger partial charge in [0.1, 0.15) is 4.88 Å². The van der Waals surface area contributed by atoms with Crippen LogP contribution in [0.5, 0.6) is 0 Å². The number of hydrogen-bond acceptors (Lipinski definition) is 3. The Morgan fingerprint density at radius 2 is 2.17 bits per heavy atom. The highest BCUT2D eigenvalue weighted by Gasteiger charge is 2.09. The Hall–Kier alpha value is -1.81. The molecule has 4 heteroatoms. The fourth-order valence-electron chi connectivity index (χ4n) is 1.81. The molecule has 0 amide bonds. The van der Waals surface area contributed by atoms with Crippen molar-refractivity contribution in [3.8, 4) is 0 Å². The van der Waals surface area contributed by atoms with E-state index in [9.17, 15) is 4.79 Å². The van der Waals surface area contributed by atoms with Crippen molar-refractivity contribution in [2.75, 3.05) is 11.9 Å². The molecular formula is C14H15NO2S. The average Bonchev–Trinajstić information content (AvgIpc) is 2.78. The molecule has 1 heterocycles. The van der Waals surface area contributed by atoms with E-state index in [2.05, 4.69) is 30.0 Å².